The molecule has 0 saturated carbocycles. The Morgan fingerprint density at radius 2 is 1.54 bits per heavy atom. The molecule has 3 rings (SSSR count). The van der Waals surface area contributed by atoms with Crippen molar-refractivity contribution in [2.45, 2.75) is 38.3 Å². The highest BCUT2D eigenvalue weighted by Gasteiger charge is 2.34. The maximum absolute atomic E-state index is 14.7. The second-order valence-corrected chi connectivity index (χ2v) is 11.6. The summed E-state index contributed by atoms with van der Waals surface area (Å²) in [7, 11) is -1.46. The van der Waals surface area contributed by atoms with Crippen LogP contribution in [0.3, 0.4) is 0 Å². The molecule has 0 fully saturated rings. The summed E-state index contributed by atoms with van der Waals surface area (Å²) < 4.78 is 54.1. The number of rotatable bonds is 13. The first-order chi connectivity index (χ1) is 19.5. The van der Waals surface area contributed by atoms with Crippen LogP contribution in [0.15, 0.2) is 77.7 Å². The smallest absolute Gasteiger partial charge is 0.264 e. The fraction of sp³-hybridized carbons (Fsp3) is 0.333. The number of benzene rings is 3. The summed E-state index contributed by atoms with van der Waals surface area (Å²) in [6, 6.07) is 17.0. The molecule has 0 heterocycles. The Labute approximate surface area is 240 Å². The third-order valence-electron chi connectivity index (χ3n) is 6.43. The molecule has 0 bridgehead atoms. The Hall–Kier alpha value is -4.12. The number of ether oxygens (including phenoxy) is 2. The molecule has 11 heteroatoms. The number of halogens is 1. The van der Waals surface area contributed by atoms with Crippen molar-refractivity contribution in [2.75, 3.05) is 31.6 Å². The highest BCUT2D eigenvalue weighted by Crippen LogP contribution is 2.33. The largest absolute Gasteiger partial charge is 0.497 e. The van der Waals surface area contributed by atoms with Crippen LogP contribution < -0.4 is 19.1 Å². The Bertz CT molecular complexity index is 1450. The first-order valence-electron chi connectivity index (χ1n) is 13.1. The van der Waals surface area contributed by atoms with Crippen LogP contribution in [0.2, 0.25) is 0 Å². The number of anilines is 1. The van der Waals surface area contributed by atoms with E-state index in [9.17, 15) is 22.4 Å². The molecule has 0 aliphatic carbocycles. The van der Waals surface area contributed by atoms with Gasteiger partial charge in [0.15, 0.2) is 0 Å². The first kappa shape index (κ1) is 31.4. The standard InChI is InChI=1S/C30H36FN3O6S/c1-21(2)18-32-30(36)22(3)33(19-23-10-6-7-11-26(23)31)29(35)20-34(27-12-8-9-13-28(27)40-5)41(37,38)25-16-14-24(39-4)15-17-25/h6-17,21-22H,18-20H2,1-5H3,(H,32,36). The molecule has 3 aromatic rings. The number of nitrogens with zero attached hydrogens (tertiary/aromatic N) is 2. The lowest BCUT2D eigenvalue weighted by Crippen LogP contribution is -2.51. The molecule has 0 spiro atoms. The average molecular weight is 586 g/mol. The summed E-state index contributed by atoms with van der Waals surface area (Å²) in [6.45, 7) is 4.85. The van der Waals surface area contributed by atoms with Gasteiger partial charge in [0, 0.05) is 18.7 Å². The van der Waals surface area contributed by atoms with Gasteiger partial charge in [0.1, 0.15) is 29.9 Å². The molecule has 220 valence electrons. The number of para-hydroxylation sites is 2. The van der Waals surface area contributed by atoms with E-state index in [1.807, 2.05) is 13.8 Å². The number of nitrogens with one attached hydrogen (secondary N) is 1. The minimum Gasteiger partial charge on any atom is -0.497 e. The fourth-order valence-electron chi connectivity index (χ4n) is 4.07. The number of carbonyl (C=O) groups is 2. The second kappa shape index (κ2) is 14.0. The van der Waals surface area contributed by atoms with Crippen LogP contribution in [0, 0.1) is 11.7 Å². The van der Waals surface area contributed by atoms with Crippen molar-refractivity contribution in [3.05, 3.63) is 84.2 Å². The van der Waals surface area contributed by atoms with Crippen LogP contribution in [-0.4, -0.2) is 58.5 Å². The highest BCUT2D eigenvalue weighted by atomic mass is 32.2. The van der Waals surface area contributed by atoms with Crippen molar-refractivity contribution in [1.82, 2.24) is 10.2 Å². The average Bonchev–Trinajstić information content (AvgIpc) is 2.97. The van der Waals surface area contributed by atoms with Gasteiger partial charge >= 0.3 is 0 Å². The highest BCUT2D eigenvalue weighted by molar-refractivity contribution is 7.92. The maximum atomic E-state index is 14.7. The zero-order valence-electron chi connectivity index (χ0n) is 23.8. The van der Waals surface area contributed by atoms with Gasteiger partial charge in [-0.3, -0.25) is 13.9 Å². The molecule has 9 nitrogen and oxygen atoms in total. The van der Waals surface area contributed by atoms with Gasteiger partial charge in [-0.1, -0.05) is 44.2 Å². The predicted molar refractivity (Wildman–Crippen MR) is 155 cm³/mol. The first-order valence-corrected chi connectivity index (χ1v) is 14.5. The number of methoxy groups -OCH3 is 2. The van der Waals surface area contributed by atoms with Crippen molar-refractivity contribution >= 4 is 27.5 Å². The van der Waals surface area contributed by atoms with Crippen molar-refractivity contribution in [2.24, 2.45) is 5.92 Å². The van der Waals surface area contributed by atoms with E-state index >= 15 is 0 Å². The minimum absolute atomic E-state index is 0.0830. The van der Waals surface area contributed by atoms with Gasteiger partial charge in [-0.15, -0.1) is 0 Å². The summed E-state index contributed by atoms with van der Waals surface area (Å²) in [6.07, 6.45) is 0. The molecular formula is C30H36FN3O6S. The van der Waals surface area contributed by atoms with E-state index in [4.69, 9.17) is 9.47 Å². The summed E-state index contributed by atoms with van der Waals surface area (Å²) >= 11 is 0. The zero-order valence-corrected chi connectivity index (χ0v) is 24.7. The molecule has 0 aliphatic rings. The lowest BCUT2D eigenvalue weighted by molar-refractivity contribution is -0.139. The normalized spacial score (nSPS) is 12.0. The quantitative estimate of drug-likeness (QED) is 0.322. The van der Waals surface area contributed by atoms with Crippen LogP contribution in [0.4, 0.5) is 10.1 Å². The van der Waals surface area contributed by atoms with Crippen LogP contribution in [0.1, 0.15) is 26.3 Å². The Kier molecular flexibility index (Phi) is 10.7. The van der Waals surface area contributed by atoms with Crippen LogP contribution in [0.5, 0.6) is 11.5 Å². The van der Waals surface area contributed by atoms with Gasteiger partial charge in [-0.25, -0.2) is 12.8 Å². The lowest BCUT2D eigenvalue weighted by Gasteiger charge is -2.32. The van der Waals surface area contributed by atoms with E-state index in [0.29, 0.717) is 12.3 Å². The molecule has 1 atom stereocenters. The Morgan fingerprint density at radius 3 is 2.15 bits per heavy atom. The van der Waals surface area contributed by atoms with Crippen LogP contribution in [-0.2, 0) is 26.2 Å². The molecule has 0 saturated heterocycles. The Balaban J connectivity index is 2.06. The van der Waals surface area contributed by atoms with E-state index in [2.05, 4.69) is 5.32 Å². The SMILES string of the molecule is COc1ccc(S(=O)(=O)N(CC(=O)N(Cc2ccccc2F)C(C)C(=O)NCC(C)C)c2ccccc2OC)cc1. The maximum Gasteiger partial charge on any atom is 0.264 e. The number of sulfonamides is 1. The summed E-state index contributed by atoms with van der Waals surface area (Å²) in [5, 5.41) is 2.80. The molecule has 0 radical (unpaired) electrons. The molecule has 1 N–H and O–H groups in total. The van der Waals surface area contributed by atoms with Crippen molar-refractivity contribution in [3.8, 4) is 11.5 Å². The zero-order chi connectivity index (χ0) is 30.2. The monoisotopic (exact) mass is 585 g/mol. The minimum atomic E-state index is -4.31. The van der Waals surface area contributed by atoms with E-state index in [-0.39, 0.29) is 34.4 Å². The molecule has 0 aromatic heterocycles. The number of hydrogen-bond acceptors (Lipinski definition) is 6. The van der Waals surface area contributed by atoms with E-state index in [1.165, 1.54) is 74.6 Å². The topological polar surface area (TPSA) is 105 Å². The summed E-state index contributed by atoms with van der Waals surface area (Å²) in [5.41, 5.74) is 0.313. The number of hydrogen-bond donors (Lipinski definition) is 1. The molecule has 2 amide bonds. The van der Waals surface area contributed by atoms with E-state index in [1.54, 1.807) is 24.3 Å². The predicted octanol–water partition coefficient (Wildman–Crippen LogP) is 4.23. The Morgan fingerprint density at radius 1 is 0.902 bits per heavy atom. The van der Waals surface area contributed by atoms with Crippen LogP contribution in [0.25, 0.3) is 0 Å². The van der Waals surface area contributed by atoms with Crippen molar-refractivity contribution in [1.29, 1.82) is 0 Å². The van der Waals surface area contributed by atoms with Crippen LogP contribution >= 0.6 is 0 Å². The molecule has 0 aliphatic heterocycles. The third-order valence-corrected chi connectivity index (χ3v) is 8.20. The third kappa shape index (κ3) is 7.75. The van der Waals surface area contributed by atoms with Gasteiger partial charge in [-0.05, 0) is 55.3 Å². The van der Waals surface area contributed by atoms with Gasteiger partial charge in [0.25, 0.3) is 10.0 Å². The van der Waals surface area contributed by atoms with E-state index < -0.39 is 40.2 Å². The molecular weight excluding hydrogens is 549 g/mol. The summed E-state index contributed by atoms with van der Waals surface area (Å²) in [5.74, 6) is -0.847. The molecule has 3 aromatic carbocycles. The number of amides is 2. The van der Waals surface area contributed by atoms with Gasteiger partial charge in [-0.2, -0.15) is 0 Å². The summed E-state index contributed by atoms with van der Waals surface area (Å²) in [4.78, 5) is 28.1. The molecule has 41 heavy (non-hydrogen) atoms. The van der Waals surface area contributed by atoms with Crippen molar-refractivity contribution in [3.63, 3.8) is 0 Å². The van der Waals surface area contributed by atoms with Crippen molar-refractivity contribution < 1.29 is 31.9 Å². The lowest BCUT2D eigenvalue weighted by atomic mass is 10.1. The van der Waals surface area contributed by atoms with Gasteiger partial charge < -0.3 is 19.7 Å². The van der Waals surface area contributed by atoms with Gasteiger partial charge in [0.05, 0.1) is 24.8 Å². The van der Waals surface area contributed by atoms with E-state index in [0.717, 1.165) is 4.31 Å². The molecule has 1 unspecified atom stereocenters. The van der Waals surface area contributed by atoms with Gasteiger partial charge in [0.2, 0.25) is 11.8 Å². The number of carbonyl (C=O) groups excluding carboxylic acids is 2. The second-order valence-electron chi connectivity index (χ2n) is 9.79. The fourth-order valence-corrected chi connectivity index (χ4v) is 5.49.